The van der Waals surface area contributed by atoms with Crippen molar-refractivity contribution in [3.05, 3.63) is 0 Å². The molecule has 3 rings (SSSR count). The molecule has 3 fully saturated rings. The number of hydrogen-bond donors (Lipinski definition) is 1. The van der Waals surface area contributed by atoms with E-state index in [1.807, 2.05) is 9.80 Å². The first-order valence-electron chi connectivity index (χ1n) is 6.57. The number of amides is 2. The number of fused-ring (bicyclic) bond motifs is 1. The van der Waals surface area contributed by atoms with Crippen LogP contribution in [0.5, 0.6) is 0 Å². The van der Waals surface area contributed by atoms with E-state index in [1.54, 1.807) is 0 Å². The van der Waals surface area contributed by atoms with Crippen molar-refractivity contribution in [1.29, 1.82) is 0 Å². The second-order valence-electron chi connectivity index (χ2n) is 5.35. The third kappa shape index (κ3) is 1.94. The Kier molecular flexibility index (Phi) is 2.89. The number of ether oxygens (including phenoxy) is 1. The van der Waals surface area contributed by atoms with Crippen molar-refractivity contribution in [2.45, 2.75) is 24.9 Å². The summed E-state index contributed by atoms with van der Waals surface area (Å²) in [6.45, 7) is 2.82. The Morgan fingerprint density at radius 2 is 2.28 bits per heavy atom. The molecule has 0 aromatic carbocycles. The van der Waals surface area contributed by atoms with Crippen LogP contribution in [0.1, 0.15) is 12.8 Å². The van der Waals surface area contributed by atoms with Crippen LogP contribution in [0, 0.1) is 5.92 Å². The molecule has 100 valence electrons. The number of esters is 1. The molecule has 1 saturated carbocycles. The average Bonchev–Trinajstić information content (AvgIpc) is 3.14. The van der Waals surface area contributed by atoms with Gasteiger partial charge in [0.25, 0.3) is 0 Å². The zero-order valence-corrected chi connectivity index (χ0v) is 10.6. The SMILES string of the molecule is COC(=O)[C@@H]1NCCN2C(=O)N(CC3CC3)C[C@H]12. The number of nitrogens with zero attached hydrogens (tertiary/aromatic N) is 2. The summed E-state index contributed by atoms with van der Waals surface area (Å²) in [7, 11) is 1.39. The highest BCUT2D eigenvalue weighted by Gasteiger charge is 2.47. The summed E-state index contributed by atoms with van der Waals surface area (Å²) in [6, 6.07) is -0.364. The van der Waals surface area contributed by atoms with Crippen LogP contribution in [0.15, 0.2) is 0 Å². The monoisotopic (exact) mass is 253 g/mol. The fourth-order valence-corrected chi connectivity index (χ4v) is 2.88. The van der Waals surface area contributed by atoms with Gasteiger partial charge in [-0.2, -0.15) is 0 Å². The minimum absolute atomic E-state index is 0.0718. The zero-order chi connectivity index (χ0) is 12.7. The molecule has 18 heavy (non-hydrogen) atoms. The van der Waals surface area contributed by atoms with Crippen LogP contribution in [0.4, 0.5) is 4.79 Å². The number of piperazine rings is 1. The first kappa shape index (κ1) is 11.8. The van der Waals surface area contributed by atoms with Crippen LogP contribution in [0.25, 0.3) is 0 Å². The molecule has 6 heteroatoms. The third-order valence-corrected chi connectivity index (χ3v) is 4.06. The molecule has 0 unspecified atom stereocenters. The van der Waals surface area contributed by atoms with E-state index >= 15 is 0 Å². The molecule has 1 aliphatic carbocycles. The standard InChI is InChI=1S/C12H19N3O3/c1-18-11(16)10-9-7-14(6-8-2-3-8)12(17)15(9)5-4-13-10/h8-10,13H,2-7H2,1H3/t9-,10-/m1/s1. The van der Waals surface area contributed by atoms with Crippen LogP contribution >= 0.6 is 0 Å². The van der Waals surface area contributed by atoms with Gasteiger partial charge in [-0.05, 0) is 18.8 Å². The summed E-state index contributed by atoms with van der Waals surface area (Å²) in [5.41, 5.74) is 0. The first-order valence-corrected chi connectivity index (χ1v) is 6.57. The molecule has 3 aliphatic rings. The highest BCUT2D eigenvalue weighted by Crippen LogP contribution is 2.32. The highest BCUT2D eigenvalue weighted by molar-refractivity contribution is 5.82. The molecule has 6 nitrogen and oxygen atoms in total. The largest absolute Gasteiger partial charge is 0.468 e. The Morgan fingerprint density at radius 3 is 2.94 bits per heavy atom. The molecule has 0 bridgehead atoms. The van der Waals surface area contributed by atoms with Crippen molar-refractivity contribution in [3.63, 3.8) is 0 Å². The lowest BCUT2D eigenvalue weighted by molar-refractivity contribution is -0.145. The number of carbonyl (C=O) groups excluding carboxylic acids is 2. The van der Waals surface area contributed by atoms with E-state index < -0.39 is 0 Å². The van der Waals surface area contributed by atoms with E-state index in [0.29, 0.717) is 25.6 Å². The number of rotatable bonds is 3. The molecule has 2 heterocycles. The maximum Gasteiger partial charge on any atom is 0.325 e. The van der Waals surface area contributed by atoms with Crippen molar-refractivity contribution in [3.8, 4) is 0 Å². The molecule has 0 aromatic rings. The van der Waals surface area contributed by atoms with Crippen LogP contribution in [0.3, 0.4) is 0 Å². The van der Waals surface area contributed by atoms with Gasteiger partial charge in [-0.15, -0.1) is 0 Å². The van der Waals surface area contributed by atoms with Gasteiger partial charge in [0.1, 0.15) is 6.04 Å². The van der Waals surface area contributed by atoms with Gasteiger partial charge >= 0.3 is 12.0 Å². The average molecular weight is 253 g/mol. The predicted molar refractivity (Wildman–Crippen MR) is 64.0 cm³/mol. The zero-order valence-electron chi connectivity index (χ0n) is 10.6. The topological polar surface area (TPSA) is 61.9 Å². The minimum atomic E-state index is -0.378. The van der Waals surface area contributed by atoms with E-state index in [4.69, 9.17) is 4.74 Å². The van der Waals surface area contributed by atoms with Gasteiger partial charge in [0.15, 0.2) is 0 Å². The fourth-order valence-electron chi connectivity index (χ4n) is 2.88. The molecule has 2 saturated heterocycles. The van der Waals surface area contributed by atoms with Gasteiger partial charge in [-0.25, -0.2) is 4.79 Å². The maximum absolute atomic E-state index is 12.2. The molecular formula is C12H19N3O3. The second kappa shape index (κ2) is 4.42. The summed E-state index contributed by atoms with van der Waals surface area (Å²) < 4.78 is 4.80. The lowest BCUT2D eigenvalue weighted by Crippen LogP contribution is -2.60. The van der Waals surface area contributed by atoms with Gasteiger partial charge in [-0.1, -0.05) is 0 Å². The highest BCUT2D eigenvalue weighted by atomic mass is 16.5. The first-order chi connectivity index (χ1) is 8.70. The molecule has 0 radical (unpaired) electrons. The Balaban J connectivity index is 1.72. The van der Waals surface area contributed by atoms with Gasteiger partial charge in [-0.3, -0.25) is 4.79 Å². The number of nitrogens with one attached hydrogen (secondary N) is 1. The summed E-state index contributed by atoms with van der Waals surface area (Å²) in [5, 5.41) is 3.16. The lowest BCUT2D eigenvalue weighted by atomic mass is 10.1. The smallest absolute Gasteiger partial charge is 0.325 e. The van der Waals surface area contributed by atoms with Gasteiger partial charge in [0.2, 0.25) is 0 Å². The number of urea groups is 1. The molecule has 0 spiro atoms. The van der Waals surface area contributed by atoms with E-state index in [9.17, 15) is 9.59 Å². The Hall–Kier alpha value is -1.30. The van der Waals surface area contributed by atoms with Crippen molar-refractivity contribution in [2.75, 3.05) is 33.3 Å². The summed E-state index contributed by atoms with van der Waals surface area (Å²) in [5.74, 6) is 0.408. The normalized spacial score (nSPS) is 31.5. The fraction of sp³-hybridized carbons (Fsp3) is 0.833. The van der Waals surface area contributed by atoms with E-state index in [1.165, 1.54) is 20.0 Å². The van der Waals surface area contributed by atoms with Crippen molar-refractivity contribution in [2.24, 2.45) is 5.92 Å². The Bertz CT molecular complexity index is 370. The summed E-state index contributed by atoms with van der Waals surface area (Å²) in [6.07, 6.45) is 2.46. The third-order valence-electron chi connectivity index (χ3n) is 4.06. The summed E-state index contributed by atoms with van der Waals surface area (Å²) in [4.78, 5) is 27.7. The van der Waals surface area contributed by atoms with E-state index in [0.717, 1.165) is 6.54 Å². The Morgan fingerprint density at radius 1 is 1.50 bits per heavy atom. The van der Waals surface area contributed by atoms with Crippen molar-refractivity contribution in [1.82, 2.24) is 15.1 Å². The molecular weight excluding hydrogens is 234 g/mol. The minimum Gasteiger partial charge on any atom is -0.468 e. The van der Waals surface area contributed by atoms with Crippen molar-refractivity contribution >= 4 is 12.0 Å². The van der Waals surface area contributed by atoms with Gasteiger partial charge < -0.3 is 19.9 Å². The molecule has 2 aliphatic heterocycles. The Labute approximate surface area is 106 Å². The lowest BCUT2D eigenvalue weighted by Gasteiger charge is -2.34. The number of hydrogen-bond acceptors (Lipinski definition) is 4. The molecule has 2 atom stereocenters. The maximum atomic E-state index is 12.2. The molecule has 2 amide bonds. The van der Waals surface area contributed by atoms with Gasteiger partial charge in [0, 0.05) is 26.2 Å². The van der Waals surface area contributed by atoms with Crippen LogP contribution in [-0.2, 0) is 9.53 Å². The predicted octanol–water partition coefficient (Wildman–Crippen LogP) is -0.353. The number of methoxy groups -OCH3 is 1. The molecule has 0 aromatic heterocycles. The molecule has 1 N–H and O–H groups in total. The quantitative estimate of drug-likeness (QED) is 0.698. The van der Waals surface area contributed by atoms with Crippen LogP contribution < -0.4 is 5.32 Å². The second-order valence-corrected chi connectivity index (χ2v) is 5.35. The van der Waals surface area contributed by atoms with Gasteiger partial charge in [0.05, 0.1) is 13.2 Å². The van der Waals surface area contributed by atoms with E-state index in [-0.39, 0.29) is 24.1 Å². The summed E-state index contributed by atoms with van der Waals surface area (Å²) >= 11 is 0. The van der Waals surface area contributed by atoms with Crippen LogP contribution in [0.2, 0.25) is 0 Å². The van der Waals surface area contributed by atoms with Crippen LogP contribution in [-0.4, -0.2) is 67.2 Å². The van der Waals surface area contributed by atoms with Crippen molar-refractivity contribution < 1.29 is 14.3 Å². The number of carbonyl (C=O) groups is 2. The van der Waals surface area contributed by atoms with E-state index in [2.05, 4.69) is 5.32 Å².